The zero-order chi connectivity index (χ0) is 9.97. The van der Waals surface area contributed by atoms with Crippen molar-refractivity contribution in [3.05, 3.63) is 30.0 Å². The Morgan fingerprint density at radius 2 is 2.21 bits per heavy atom. The third-order valence-electron chi connectivity index (χ3n) is 2.24. The van der Waals surface area contributed by atoms with Crippen LogP contribution in [0.4, 0.5) is 0 Å². The number of aromatic nitrogens is 1. The number of pyridine rings is 1. The molecule has 0 unspecified atom stereocenters. The molecule has 0 amide bonds. The normalized spacial score (nSPS) is 15.5. The predicted molar refractivity (Wildman–Crippen MR) is 53.0 cm³/mol. The van der Waals surface area contributed by atoms with Gasteiger partial charge in [0.15, 0.2) is 5.78 Å². The van der Waals surface area contributed by atoms with Crippen molar-refractivity contribution in [1.82, 2.24) is 4.98 Å². The molecule has 0 fully saturated rings. The van der Waals surface area contributed by atoms with Gasteiger partial charge in [0.1, 0.15) is 0 Å². The summed E-state index contributed by atoms with van der Waals surface area (Å²) in [5.41, 5.74) is 1.85. The first-order valence-corrected chi connectivity index (χ1v) is 4.54. The first kappa shape index (κ1) is 8.94. The molecule has 0 saturated heterocycles. The predicted octanol–water partition coefficient (Wildman–Crippen LogP) is 1.84. The van der Waals surface area contributed by atoms with Crippen LogP contribution in [0.25, 0.3) is 5.57 Å². The van der Waals surface area contributed by atoms with Gasteiger partial charge in [-0.15, -0.1) is 0 Å². The second-order valence-electron chi connectivity index (χ2n) is 3.20. The molecule has 2 rings (SSSR count). The Bertz CT molecular complexity index is 396. The van der Waals surface area contributed by atoms with Crippen LogP contribution in [0, 0.1) is 0 Å². The smallest absolute Gasteiger partial charge is 0.213 e. The van der Waals surface area contributed by atoms with Gasteiger partial charge in [0.05, 0.1) is 12.8 Å². The highest BCUT2D eigenvalue weighted by Gasteiger charge is 2.14. The van der Waals surface area contributed by atoms with Crippen LogP contribution in [0.3, 0.4) is 0 Å². The highest BCUT2D eigenvalue weighted by Crippen LogP contribution is 2.25. The summed E-state index contributed by atoms with van der Waals surface area (Å²) in [7, 11) is 1.58. The third-order valence-corrected chi connectivity index (χ3v) is 2.24. The Morgan fingerprint density at radius 1 is 1.36 bits per heavy atom. The molecule has 3 heteroatoms. The molecule has 0 saturated carbocycles. The van der Waals surface area contributed by atoms with Crippen LogP contribution in [-0.2, 0) is 4.79 Å². The van der Waals surface area contributed by atoms with Crippen molar-refractivity contribution in [1.29, 1.82) is 0 Å². The zero-order valence-electron chi connectivity index (χ0n) is 7.99. The Hall–Kier alpha value is -1.64. The Labute approximate surface area is 82.4 Å². The molecular weight excluding hydrogens is 178 g/mol. The fourth-order valence-corrected chi connectivity index (χ4v) is 1.51. The Kier molecular flexibility index (Phi) is 2.31. The molecule has 0 aromatic carbocycles. The van der Waals surface area contributed by atoms with Crippen molar-refractivity contribution in [3.63, 3.8) is 0 Å². The van der Waals surface area contributed by atoms with Gasteiger partial charge in [-0.05, 0) is 24.1 Å². The van der Waals surface area contributed by atoms with Crippen LogP contribution in [0.15, 0.2) is 24.3 Å². The summed E-state index contributed by atoms with van der Waals surface area (Å²) >= 11 is 0. The SMILES string of the molecule is COc1cccc(C2=CC(=O)CC2)n1. The summed E-state index contributed by atoms with van der Waals surface area (Å²) in [4.78, 5) is 15.3. The third kappa shape index (κ3) is 1.66. The van der Waals surface area contributed by atoms with Crippen LogP contribution < -0.4 is 4.74 Å². The maximum absolute atomic E-state index is 11.0. The molecule has 3 nitrogen and oxygen atoms in total. The molecule has 0 bridgehead atoms. The molecule has 14 heavy (non-hydrogen) atoms. The Balaban J connectivity index is 2.32. The minimum absolute atomic E-state index is 0.185. The van der Waals surface area contributed by atoms with Gasteiger partial charge in [-0.1, -0.05) is 6.07 Å². The van der Waals surface area contributed by atoms with Crippen LogP contribution >= 0.6 is 0 Å². The van der Waals surface area contributed by atoms with E-state index in [4.69, 9.17) is 4.74 Å². The molecule has 0 spiro atoms. The van der Waals surface area contributed by atoms with E-state index in [1.165, 1.54) is 0 Å². The number of hydrogen-bond donors (Lipinski definition) is 0. The molecule has 1 aromatic heterocycles. The topological polar surface area (TPSA) is 39.2 Å². The number of ketones is 1. The quantitative estimate of drug-likeness (QED) is 0.712. The summed E-state index contributed by atoms with van der Waals surface area (Å²) < 4.78 is 5.02. The first-order valence-electron chi connectivity index (χ1n) is 4.54. The number of carbonyl (C=O) groups excluding carboxylic acids is 1. The second kappa shape index (κ2) is 3.62. The maximum atomic E-state index is 11.0. The van der Waals surface area contributed by atoms with E-state index < -0.39 is 0 Å². The van der Waals surface area contributed by atoms with Crippen LogP contribution in [-0.4, -0.2) is 17.9 Å². The van der Waals surface area contributed by atoms with E-state index in [2.05, 4.69) is 4.98 Å². The van der Waals surface area contributed by atoms with E-state index in [-0.39, 0.29) is 5.78 Å². The largest absolute Gasteiger partial charge is 0.481 e. The van der Waals surface area contributed by atoms with E-state index in [9.17, 15) is 4.79 Å². The minimum atomic E-state index is 0.185. The van der Waals surface area contributed by atoms with Crippen LogP contribution in [0.5, 0.6) is 5.88 Å². The van der Waals surface area contributed by atoms with Gasteiger partial charge in [-0.25, -0.2) is 4.98 Å². The minimum Gasteiger partial charge on any atom is -0.481 e. The number of hydrogen-bond acceptors (Lipinski definition) is 3. The van der Waals surface area contributed by atoms with Crippen molar-refractivity contribution in [2.45, 2.75) is 12.8 Å². The van der Waals surface area contributed by atoms with Gasteiger partial charge in [0, 0.05) is 12.5 Å². The van der Waals surface area contributed by atoms with Gasteiger partial charge < -0.3 is 4.74 Å². The van der Waals surface area contributed by atoms with Crippen LogP contribution in [0.2, 0.25) is 0 Å². The molecule has 0 aliphatic heterocycles. The number of rotatable bonds is 2. The summed E-state index contributed by atoms with van der Waals surface area (Å²) in [5.74, 6) is 0.771. The summed E-state index contributed by atoms with van der Waals surface area (Å²) in [5, 5.41) is 0. The number of carbonyl (C=O) groups is 1. The molecule has 1 aromatic rings. The highest BCUT2D eigenvalue weighted by molar-refractivity contribution is 6.01. The van der Waals surface area contributed by atoms with Crippen molar-refractivity contribution < 1.29 is 9.53 Å². The average molecular weight is 189 g/mol. The second-order valence-corrected chi connectivity index (χ2v) is 3.20. The summed E-state index contributed by atoms with van der Waals surface area (Å²) in [6.45, 7) is 0. The van der Waals surface area contributed by atoms with Crippen LogP contribution in [0.1, 0.15) is 18.5 Å². The van der Waals surface area contributed by atoms with E-state index in [1.807, 2.05) is 12.1 Å². The van der Waals surface area contributed by atoms with E-state index in [0.29, 0.717) is 12.3 Å². The number of allylic oxidation sites excluding steroid dienone is 2. The Morgan fingerprint density at radius 3 is 2.86 bits per heavy atom. The van der Waals surface area contributed by atoms with Crippen molar-refractivity contribution >= 4 is 11.4 Å². The van der Waals surface area contributed by atoms with Crippen molar-refractivity contribution in [2.75, 3.05) is 7.11 Å². The summed E-state index contributed by atoms with van der Waals surface area (Å²) in [6, 6.07) is 5.57. The summed E-state index contributed by atoms with van der Waals surface area (Å²) in [6.07, 6.45) is 3.06. The average Bonchev–Trinajstić information content (AvgIpc) is 2.65. The molecule has 72 valence electrons. The van der Waals surface area contributed by atoms with Gasteiger partial charge >= 0.3 is 0 Å². The highest BCUT2D eigenvalue weighted by atomic mass is 16.5. The molecule has 0 atom stereocenters. The number of ether oxygens (including phenoxy) is 1. The molecule has 1 heterocycles. The zero-order valence-corrected chi connectivity index (χ0v) is 7.99. The monoisotopic (exact) mass is 189 g/mol. The molecule has 0 N–H and O–H groups in total. The lowest BCUT2D eigenvalue weighted by atomic mass is 10.1. The lowest BCUT2D eigenvalue weighted by molar-refractivity contribution is -0.114. The number of nitrogens with zero attached hydrogens (tertiary/aromatic N) is 1. The van der Waals surface area contributed by atoms with E-state index >= 15 is 0 Å². The van der Waals surface area contributed by atoms with E-state index in [1.54, 1.807) is 19.3 Å². The van der Waals surface area contributed by atoms with Crippen molar-refractivity contribution in [2.24, 2.45) is 0 Å². The van der Waals surface area contributed by atoms with Gasteiger partial charge in [0.2, 0.25) is 5.88 Å². The fraction of sp³-hybridized carbons (Fsp3) is 0.273. The fourth-order valence-electron chi connectivity index (χ4n) is 1.51. The molecule has 1 aliphatic carbocycles. The number of methoxy groups -OCH3 is 1. The molecular formula is C11H11NO2. The van der Waals surface area contributed by atoms with Crippen molar-refractivity contribution in [3.8, 4) is 5.88 Å². The first-order chi connectivity index (χ1) is 6.79. The standard InChI is InChI=1S/C11H11NO2/c1-14-11-4-2-3-10(12-11)8-5-6-9(13)7-8/h2-4,7H,5-6H2,1H3. The van der Waals surface area contributed by atoms with Gasteiger partial charge in [0.25, 0.3) is 0 Å². The lowest BCUT2D eigenvalue weighted by Crippen LogP contribution is -1.91. The van der Waals surface area contributed by atoms with E-state index in [0.717, 1.165) is 17.7 Å². The maximum Gasteiger partial charge on any atom is 0.213 e. The van der Waals surface area contributed by atoms with Gasteiger partial charge in [-0.2, -0.15) is 0 Å². The van der Waals surface area contributed by atoms with Gasteiger partial charge in [-0.3, -0.25) is 4.79 Å². The lowest BCUT2D eigenvalue weighted by Gasteiger charge is -2.02. The molecule has 0 radical (unpaired) electrons. The molecule has 1 aliphatic rings.